The van der Waals surface area contributed by atoms with Crippen molar-refractivity contribution < 1.29 is 19.2 Å². The number of carbonyl (C=O) groups is 2. The smallest absolute Gasteiger partial charge is 0.305 e. The van der Waals surface area contributed by atoms with E-state index >= 15 is 0 Å². The molecule has 1 unspecified atom stereocenters. The largest absolute Gasteiger partial charge is 0.481 e. The molecule has 0 saturated heterocycles. The first-order valence-corrected chi connectivity index (χ1v) is 5.39. The molecule has 6 heteroatoms. The van der Waals surface area contributed by atoms with Crippen LogP contribution in [-0.2, 0) is 4.79 Å². The van der Waals surface area contributed by atoms with Crippen LogP contribution in [0, 0.1) is 0 Å². The molecular weight excluding hydrogens is 224 g/mol. The van der Waals surface area contributed by atoms with Gasteiger partial charge in [-0.25, -0.2) is 0 Å². The Morgan fingerprint density at radius 3 is 2.59 bits per heavy atom. The fraction of sp³-hybridized carbons (Fsp3) is 0.545. The molecule has 0 spiro atoms. The highest BCUT2D eigenvalue weighted by atomic mass is 16.5. The van der Waals surface area contributed by atoms with Crippen molar-refractivity contribution in [3.63, 3.8) is 0 Å². The molecular formula is C11H16N2O4. The van der Waals surface area contributed by atoms with Crippen LogP contribution in [0.1, 0.15) is 49.4 Å². The van der Waals surface area contributed by atoms with E-state index in [1.165, 1.54) is 0 Å². The lowest BCUT2D eigenvalue weighted by molar-refractivity contribution is -0.137. The van der Waals surface area contributed by atoms with Crippen LogP contribution in [0.2, 0.25) is 0 Å². The molecule has 2 N–H and O–H groups in total. The second kappa shape index (κ2) is 5.47. The number of carbonyl (C=O) groups excluding carboxylic acids is 1. The highest BCUT2D eigenvalue weighted by molar-refractivity contribution is 5.92. The quantitative estimate of drug-likeness (QED) is 0.811. The van der Waals surface area contributed by atoms with Crippen molar-refractivity contribution in [3.05, 3.63) is 17.5 Å². The number of amides is 1. The van der Waals surface area contributed by atoms with Gasteiger partial charge in [0.15, 0.2) is 5.69 Å². The van der Waals surface area contributed by atoms with Crippen molar-refractivity contribution in [1.82, 2.24) is 10.5 Å². The zero-order valence-electron chi connectivity index (χ0n) is 10.1. The minimum atomic E-state index is -0.958. The Morgan fingerprint density at radius 1 is 1.47 bits per heavy atom. The summed E-state index contributed by atoms with van der Waals surface area (Å²) in [6.45, 7) is 5.47. The molecule has 0 aliphatic rings. The third-order valence-corrected chi connectivity index (χ3v) is 2.19. The van der Waals surface area contributed by atoms with Crippen molar-refractivity contribution in [2.24, 2.45) is 0 Å². The van der Waals surface area contributed by atoms with E-state index in [0.717, 1.165) is 0 Å². The average molecular weight is 240 g/mol. The van der Waals surface area contributed by atoms with Gasteiger partial charge in [-0.3, -0.25) is 9.59 Å². The summed E-state index contributed by atoms with van der Waals surface area (Å²) >= 11 is 0. The van der Waals surface area contributed by atoms with Gasteiger partial charge in [-0.2, -0.15) is 0 Å². The first-order chi connectivity index (χ1) is 7.90. The Labute approximate surface area is 99.0 Å². The van der Waals surface area contributed by atoms with Gasteiger partial charge in [-0.1, -0.05) is 19.0 Å². The van der Waals surface area contributed by atoms with E-state index in [2.05, 4.69) is 10.5 Å². The predicted molar refractivity (Wildman–Crippen MR) is 59.8 cm³/mol. The zero-order valence-corrected chi connectivity index (χ0v) is 10.1. The summed E-state index contributed by atoms with van der Waals surface area (Å²) in [5.74, 6) is -0.600. The molecule has 17 heavy (non-hydrogen) atoms. The van der Waals surface area contributed by atoms with Crippen LogP contribution in [0.15, 0.2) is 10.6 Å². The first kappa shape index (κ1) is 13.2. The van der Waals surface area contributed by atoms with Gasteiger partial charge in [0.1, 0.15) is 5.76 Å². The maximum absolute atomic E-state index is 11.6. The number of nitrogens with zero attached hydrogens (tertiary/aromatic N) is 1. The number of hydrogen-bond donors (Lipinski definition) is 2. The third kappa shape index (κ3) is 3.90. The normalized spacial score (nSPS) is 12.5. The van der Waals surface area contributed by atoms with Crippen LogP contribution in [0.25, 0.3) is 0 Å². The van der Waals surface area contributed by atoms with E-state index in [9.17, 15) is 9.59 Å². The molecule has 1 amide bonds. The average Bonchev–Trinajstić information content (AvgIpc) is 2.64. The van der Waals surface area contributed by atoms with Crippen LogP contribution >= 0.6 is 0 Å². The maximum atomic E-state index is 11.6. The summed E-state index contributed by atoms with van der Waals surface area (Å²) in [6.07, 6.45) is -0.124. The molecule has 94 valence electrons. The summed E-state index contributed by atoms with van der Waals surface area (Å²) in [5, 5.41) is 14.7. The number of carboxylic acid groups (broad SMARTS) is 1. The molecule has 0 aromatic carbocycles. The topological polar surface area (TPSA) is 92.4 Å². The highest BCUT2D eigenvalue weighted by Crippen LogP contribution is 2.14. The fourth-order valence-electron chi connectivity index (χ4n) is 1.28. The lowest BCUT2D eigenvalue weighted by atomic mass is 10.1. The van der Waals surface area contributed by atoms with Gasteiger partial charge < -0.3 is 14.9 Å². The number of aromatic nitrogens is 1. The van der Waals surface area contributed by atoms with Crippen molar-refractivity contribution in [2.75, 3.05) is 0 Å². The van der Waals surface area contributed by atoms with E-state index in [1.807, 2.05) is 13.8 Å². The minimum Gasteiger partial charge on any atom is -0.481 e. The van der Waals surface area contributed by atoms with Gasteiger partial charge in [-0.15, -0.1) is 0 Å². The Balaban J connectivity index is 2.60. The number of rotatable bonds is 5. The van der Waals surface area contributed by atoms with E-state index in [-0.39, 0.29) is 18.0 Å². The first-order valence-electron chi connectivity index (χ1n) is 5.39. The van der Waals surface area contributed by atoms with E-state index in [1.54, 1.807) is 13.0 Å². The molecule has 0 aliphatic heterocycles. The standard InChI is InChI=1S/C11H16N2O4/c1-6(2)9-5-8(13-17-9)11(16)12-7(3)4-10(14)15/h5-7H,4H2,1-3H3,(H,12,16)(H,14,15). The summed E-state index contributed by atoms with van der Waals surface area (Å²) in [7, 11) is 0. The summed E-state index contributed by atoms with van der Waals surface area (Å²) < 4.78 is 4.98. The van der Waals surface area contributed by atoms with Crippen molar-refractivity contribution >= 4 is 11.9 Å². The Morgan fingerprint density at radius 2 is 2.12 bits per heavy atom. The van der Waals surface area contributed by atoms with Gasteiger partial charge >= 0.3 is 5.97 Å². The molecule has 1 aromatic rings. The van der Waals surface area contributed by atoms with E-state index < -0.39 is 17.9 Å². The lowest BCUT2D eigenvalue weighted by Gasteiger charge is -2.09. The van der Waals surface area contributed by atoms with Crippen molar-refractivity contribution in [2.45, 2.75) is 39.2 Å². The van der Waals surface area contributed by atoms with Gasteiger partial charge in [0.2, 0.25) is 0 Å². The number of aliphatic carboxylic acids is 1. The van der Waals surface area contributed by atoms with Crippen LogP contribution in [0.3, 0.4) is 0 Å². The van der Waals surface area contributed by atoms with Crippen LogP contribution in [-0.4, -0.2) is 28.2 Å². The Hall–Kier alpha value is -1.85. The summed E-state index contributed by atoms with van der Waals surface area (Å²) in [4.78, 5) is 22.1. The van der Waals surface area contributed by atoms with Crippen LogP contribution < -0.4 is 5.32 Å². The van der Waals surface area contributed by atoms with Crippen molar-refractivity contribution in [1.29, 1.82) is 0 Å². The second-order valence-corrected chi connectivity index (χ2v) is 4.24. The molecule has 1 aromatic heterocycles. The molecule has 0 aliphatic carbocycles. The van der Waals surface area contributed by atoms with Crippen LogP contribution in [0.4, 0.5) is 0 Å². The monoisotopic (exact) mass is 240 g/mol. The SMILES string of the molecule is CC(CC(=O)O)NC(=O)c1cc(C(C)C)on1. The molecule has 6 nitrogen and oxygen atoms in total. The van der Waals surface area contributed by atoms with Gasteiger partial charge in [0, 0.05) is 18.0 Å². The molecule has 0 fully saturated rings. The number of hydrogen-bond acceptors (Lipinski definition) is 4. The molecule has 0 saturated carbocycles. The van der Waals surface area contributed by atoms with Crippen molar-refractivity contribution in [3.8, 4) is 0 Å². The molecule has 0 bridgehead atoms. The van der Waals surface area contributed by atoms with E-state index in [0.29, 0.717) is 5.76 Å². The number of carboxylic acids is 1. The third-order valence-electron chi connectivity index (χ3n) is 2.19. The highest BCUT2D eigenvalue weighted by Gasteiger charge is 2.17. The van der Waals surface area contributed by atoms with E-state index in [4.69, 9.17) is 9.63 Å². The van der Waals surface area contributed by atoms with Gasteiger partial charge in [-0.05, 0) is 6.92 Å². The minimum absolute atomic E-state index is 0.124. The Bertz CT molecular complexity index is 411. The summed E-state index contributed by atoms with van der Waals surface area (Å²) in [5.41, 5.74) is 0.172. The zero-order chi connectivity index (χ0) is 13.0. The lowest BCUT2D eigenvalue weighted by Crippen LogP contribution is -2.34. The van der Waals surface area contributed by atoms with Crippen LogP contribution in [0.5, 0.6) is 0 Å². The molecule has 1 heterocycles. The predicted octanol–water partition coefficient (Wildman–Crippen LogP) is 1.39. The summed E-state index contributed by atoms with van der Waals surface area (Å²) in [6, 6.07) is 1.12. The van der Waals surface area contributed by atoms with Gasteiger partial charge in [0.25, 0.3) is 5.91 Å². The molecule has 0 radical (unpaired) electrons. The second-order valence-electron chi connectivity index (χ2n) is 4.24. The Kier molecular flexibility index (Phi) is 4.25. The maximum Gasteiger partial charge on any atom is 0.305 e. The number of nitrogens with one attached hydrogen (secondary N) is 1. The van der Waals surface area contributed by atoms with Gasteiger partial charge in [0.05, 0.1) is 6.42 Å². The fourth-order valence-corrected chi connectivity index (χ4v) is 1.28. The molecule has 1 rings (SSSR count). The molecule has 1 atom stereocenters.